The van der Waals surface area contributed by atoms with Crippen LogP contribution >= 0.6 is 23.2 Å². The first-order valence-corrected chi connectivity index (χ1v) is 9.12. The van der Waals surface area contributed by atoms with Gasteiger partial charge < -0.3 is 15.5 Å². The number of hydrogen-bond donors (Lipinski definition) is 2. The fraction of sp³-hybridized carbons (Fsp3) is 0.444. The lowest BCUT2D eigenvalue weighted by Crippen LogP contribution is -2.17. The fourth-order valence-electron chi connectivity index (χ4n) is 2.41. The van der Waals surface area contributed by atoms with E-state index in [0.717, 1.165) is 55.5 Å². The van der Waals surface area contributed by atoms with Gasteiger partial charge in [0.05, 0.1) is 0 Å². The molecule has 0 aliphatic carbocycles. The average Bonchev–Trinajstić information content (AvgIpc) is 2.53. The predicted molar refractivity (Wildman–Crippen MR) is 107 cm³/mol. The molecule has 2 rings (SSSR count). The number of anilines is 2. The molecule has 0 atom stereocenters. The van der Waals surface area contributed by atoms with Crippen molar-refractivity contribution in [2.75, 3.05) is 44.4 Å². The number of nitrogens with one attached hydrogen (secondary N) is 2. The summed E-state index contributed by atoms with van der Waals surface area (Å²) in [5.41, 5.74) is 1.06. The summed E-state index contributed by atoms with van der Waals surface area (Å²) in [5, 5.41) is 8.03. The monoisotopic (exact) mass is 381 g/mol. The Balaban J connectivity index is 1.86. The molecule has 1 heterocycles. The number of nitrogens with zero attached hydrogens (tertiary/aromatic N) is 3. The van der Waals surface area contributed by atoms with Gasteiger partial charge in [0.2, 0.25) is 0 Å². The van der Waals surface area contributed by atoms with Gasteiger partial charge in [-0.05, 0) is 58.1 Å². The minimum absolute atomic E-state index is 0.651. The molecule has 0 bridgehead atoms. The summed E-state index contributed by atoms with van der Waals surface area (Å²) in [5.74, 6) is 2.40. The van der Waals surface area contributed by atoms with Crippen LogP contribution in [0.4, 0.5) is 11.6 Å². The summed E-state index contributed by atoms with van der Waals surface area (Å²) in [7, 11) is 4.15. The highest BCUT2D eigenvalue weighted by atomic mass is 35.5. The van der Waals surface area contributed by atoms with E-state index in [2.05, 4.69) is 39.6 Å². The molecule has 1 aromatic heterocycles. The van der Waals surface area contributed by atoms with Crippen LogP contribution in [0.25, 0.3) is 0 Å². The highest BCUT2D eigenvalue weighted by Gasteiger charge is 2.04. The highest BCUT2D eigenvalue weighted by molar-refractivity contribution is 6.35. The summed E-state index contributed by atoms with van der Waals surface area (Å²) in [4.78, 5) is 11.0. The van der Waals surface area contributed by atoms with Crippen molar-refractivity contribution in [3.63, 3.8) is 0 Å². The van der Waals surface area contributed by atoms with E-state index in [1.54, 1.807) is 6.07 Å². The van der Waals surface area contributed by atoms with Crippen LogP contribution in [0.5, 0.6) is 0 Å². The molecule has 7 heteroatoms. The van der Waals surface area contributed by atoms with E-state index >= 15 is 0 Å². The minimum Gasteiger partial charge on any atom is -0.370 e. The molecule has 0 unspecified atom stereocenters. The average molecular weight is 382 g/mol. The molecule has 0 radical (unpaired) electrons. The maximum absolute atomic E-state index is 6.20. The molecule has 0 saturated heterocycles. The zero-order valence-electron chi connectivity index (χ0n) is 14.9. The van der Waals surface area contributed by atoms with E-state index < -0.39 is 0 Å². The van der Waals surface area contributed by atoms with Crippen LogP contribution < -0.4 is 10.6 Å². The topological polar surface area (TPSA) is 53.1 Å². The summed E-state index contributed by atoms with van der Waals surface area (Å²) >= 11 is 12.1. The van der Waals surface area contributed by atoms with Crippen molar-refractivity contribution in [3.8, 4) is 0 Å². The molecule has 2 aromatic rings. The van der Waals surface area contributed by atoms with Crippen LogP contribution in [-0.4, -0.2) is 48.6 Å². The quantitative estimate of drug-likeness (QED) is 0.640. The van der Waals surface area contributed by atoms with Gasteiger partial charge in [0, 0.05) is 29.2 Å². The van der Waals surface area contributed by atoms with Gasteiger partial charge in [-0.3, -0.25) is 0 Å². The van der Waals surface area contributed by atoms with Gasteiger partial charge in [-0.2, -0.15) is 0 Å². The molecule has 2 N–H and O–H groups in total. The Morgan fingerprint density at radius 2 is 1.68 bits per heavy atom. The largest absolute Gasteiger partial charge is 0.370 e. The Labute approximate surface area is 159 Å². The summed E-state index contributed by atoms with van der Waals surface area (Å²) in [6, 6.07) is 7.51. The second kappa shape index (κ2) is 9.80. The van der Waals surface area contributed by atoms with Crippen molar-refractivity contribution in [1.82, 2.24) is 14.9 Å². The lowest BCUT2D eigenvalue weighted by Gasteiger charge is -2.12. The van der Waals surface area contributed by atoms with Gasteiger partial charge in [-0.15, -0.1) is 0 Å². The van der Waals surface area contributed by atoms with Crippen molar-refractivity contribution < 1.29 is 0 Å². The maximum atomic E-state index is 6.20. The number of rotatable bonds is 9. The predicted octanol–water partition coefficient (Wildman–Crippen LogP) is 4.11. The first-order chi connectivity index (χ1) is 11.9. The zero-order valence-corrected chi connectivity index (χ0v) is 16.5. The Morgan fingerprint density at radius 1 is 1.00 bits per heavy atom. The normalized spacial score (nSPS) is 11.0. The van der Waals surface area contributed by atoms with Crippen molar-refractivity contribution in [3.05, 3.63) is 45.7 Å². The van der Waals surface area contributed by atoms with Gasteiger partial charge in [-0.1, -0.05) is 29.3 Å². The van der Waals surface area contributed by atoms with E-state index in [-0.39, 0.29) is 0 Å². The number of hydrogen-bond acceptors (Lipinski definition) is 5. The van der Waals surface area contributed by atoms with Crippen molar-refractivity contribution in [2.24, 2.45) is 0 Å². The molecular weight excluding hydrogens is 357 g/mol. The van der Waals surface area contributed by atoms with Gasteiger partial charge in [0.25, 0.3) is 0 Å². The van der Waals surface area contributed by atoms with Gasteiger partial charge in [0.1, 0.15) is 17.5 Å². The Kier molecular flexibility index (Phi) is 7.75. The molecule has 0 fully saturated rings. The molecule has 136 valence electrons. The van der Waals surface area contributed by atoms with Crippen LogP contribution in [0.2, 0.25) is 10.0 Å². The van der Waals surface area contributed by atoms with Gasteiger partial charge >= 0.3 is 0 Å². The summed E-state index contributed by atoms with van der Waals surface area (Å²) in [6.45, 7) is 4.56. The third kappa shape index (κ3) is 7.06. The number of benzene rings is 1. The van der Waals surface area contributed by atoms with Crippen LogP contribution in [0, 0.1) is 6.92 Å². The van der Waals surface area contributed by atoms with Gasteiger partial charge in [-0.25, -0.2) is 9.97 Å². The third-order valence-corrected chi connectivity index (χ3v) is 4.23. The Morgan fingerprint density at radius 3 is 2.32 bits per heavy atom. The van der Waals surface area contributed by atoms with E-state index in [4.69, 9.17) is 23.2 Å². The second-order valence-corrected chi connectivity index (χ2v) is 7.03. The van der Waals surface area contributed by atoms with Crippen LogP contribution in [-0.2, 0) is 6.42 Å². The van der Waals surface area contributed by atoms with E-state index in [9.17, 15) is 0 Å². The standard InChI is InChI=1S/C18H25Cl2N5/c1-13-23-17(21-8-4-10-25(2)3)12-18(24-13)22-9-7-14-5-6-15(19)11-16(14)20/h5-6,11-12H,4,7-10H2,1-3H3,(H2,21,22,23,24). The Bertz CT molecular complexity index is 691. The molecule has 0 saturated carbocycles. The Hall–Kier alpha value is -1.56. The molecule has 0 aliphatic heterocycles. The minimum atomic E-state index is 0.651. The van der Waals surface area contributed by atoms with E-state index in [0.29, 0.717) is 10.0 Å². The van der Waals surface area contributed by atoms with Crippen LogP contribution in [0.3, 0.4) is 0 Å². The highest BCUT2D eigenvalue weighted by Crippen LogP contribution is 2.21. The molecule has 5 nitrogen and oxygen atoms in total. The third-order valence-electron chi connectivity index (χ3n) is 3.64. The molecular formula is C18H25Cl2N5. The lowest BCUT2D eigenvalue weighted by atomic mass is 10.1. The second-order valence-electron chi connectivity index (χ2n) is 6.18. The fourth-order valence-corrected chi connectivity index (χ4v) is 2.91. The first kappa shape index (κ1) is 19.8. The van der Waals surface area contributed by atoms with Crippen molar-refractivity contribution >= 4 is 34.8 Å². The summed E-state index contributed by atoms with van der Waals surface area (Å²) in [6.07, 6.45) is 1.86. The van der Waals surface area contributed by atoms with E-state index in [1.807, 2.05) is 25.1 Å². The van der Waals surface area contributed by atoms with Crippen LogP contribution in [0.1, 0.15) is 17.8 Å². The first-order valence-electron chi connectivity index (χ1n) is 8.36. The smallest absolute Gasteiger partial charge is 0.131 e. The molecule has 0 spiro atoms. The zero-order chi connectivity index (χ0) is 18.2. The molecule has 25 heavy (non-hydrogen) atoms. The van der Waals surface area contributed by atoms with Gasteiger partial charge in [0.15, 0.2) is 0 Å². The van der Waals surface area contributed by atoms with Crippen molar-refractivity contribution in [2.45, 2.75) is 19.8 Å². The van der Waals surface area contributed by atoms with E-state index in [1.165, 1.54) is 0 Å². The lowest BCUT2D eigenvalue weighted by molar-refractivity contribution is 0.405. The van der Waals surface area contributed by atoms with Crippen molar-refractivity contribution in [1.29, 1.82) is 0 Å². The number of halogens is 2. The number of aromatic nitrogens is 2. The maximum Gasteiger partial charge on any atom is 0.131 e. The molecule has 0 aliphatic rings. The number of aryl methyl sites for hydroxylation is 1. The van der Waals surface area contributed by atoms with Crippen LogP contribution in [0.15, 0.2) is 24.3 Å². The molecule has 1 aromatic carbocycles. The SMILES string of the molecule is Cc1nc(NCCCN(C)C)cc(NCCc2ccc(Cl)cc2Cl)n1. The summed E-state index contributed by atoms with van der Waals surface area (Å²) < 4.78 is 0. The molecule has 0 amide bonds.